The number of ether oxygens (including phenoxy) is 1. The van der Waals surface area contributed by atoms with Gasteiger partial charge in [-0.2, -0.15) is 0 Å². The van der Waals surface area contributed by atoms with E-state index in [0.717, 1.165) is 44.5 Å². The summed E-state index contributed by atoms with van der Waals surface area (Å²) in [5, 5.41) is 13.1. The molecule has 4 rings (SSSR count). The Labute approximate surface area is 141 Å². The molecule has 0 fully saturated rings. The van der Waals surface area contributed by atoms with Crippen molar-refractivity contribution in [3.63, 3.8) is 0 Å². The molecule has 0 saturated heterocycles. The van der Waals surface area contributed by atoms with E-state index in [1.807, 2.05) is 61.5 Å². The van der Waals surface area contributed by atoms with Crippen LogP contribution in [0, 0.1) is 6.92 Å². The van der Waals surface area contributed by atoms with Crippen LogP contribution in [-0.2, 0) is 0 Å². The SMILES string of the molecule is C=C/C=C\c1cc2c(cc1C)Oc1cc3ccccc3cc1C2O. The molecule has 0 amide bonds. The van der Waals surface area contributed by atoms with E-state index < -0.39 is 6.10 Å². The Balaban J connectivity index is 1.87. The molecule has 24 heavy (non-hydrogen) atoms. The van der Waals surface area contributed by atoms with Crippen LogP contribution in [-0.4, -0.2) is 5.11 Å². The largest absolute Gasteiger partial charge is 0.457 e. The molecule has 1 atom stereocenters. The fourth-order valence-electron chi connectivity index (χ4n) is 3.19. The van der Waals surface area contributed by atoms with E-state index in [9.17, 15) is 5.11 Å². The van der Waals surface area contributed by atoms with Crippen LogP contribution < -0.4 is 4.74 Å². The van der Waals surface area contributed by atoms with Gasteiger partial charge in [0.05, 0.1) is 0 Å². The van der Waals surface area contributed by atoms with Crippen LogP contribution in [0.2, 0.25) is 0 Å². The van der Waals surface area contributed by atoms with Crippen LogP contribution in [0.1, 0.15) is 28.4 Å². The fraction of sp³-hybridized carbons (Fsp3) is 0.0909. The second-order valence-corrected chi connectivity index (χ2v) is 6.08. The van der Waals surface area contributed by atoms with Crippen molar-refractivity contribution in [2.45, 2.75) is 13.0 Å². The number of fused-ring (bicyclic) bond motifs is 3. The highest BCUT2D eigenvalue weighted by Gasteiger charge is 2.26. The number of allylic oxidation sites excluding steroid dienone is 2. The first-order valence-corrected chi connectivity index (χ1v) is 7.99. The minimum atomic E-state index is -0.690. The summed E-state index contributed by atoms with van der Waals surface area (Å²) >= 11 is 0. The quantitative estimate of drug-likeness (QED) is 0.630. The molecule has 2 nitrogen and oxygen atoms in total. The summed E-state index contributed by atoms with van der Waals surface area (Å²) < 4.78 is 6.09. The van der Waals surface area contributed by atoms with Crippen molar-refractivity contribution < 1.29 is 9.84 Å². The lowest BCUT2D eigenvalue weighted by molar-refractivity contribution is 0.203. The molecule has 1 unspecified atom stereocenters. The maximum atomic E-state index is 10.9. The van der Waals surface area contributed by atoms with Crippen molar-refractivity contribution in [3.05, 3.63) is 89.5 Å². The monoisotopic (exact) mass is 314 g/mol. The summed E-state index contributed by atoms with van der Waals surface area (Å²) in [5.74, 6) is 1.45. The van der Waals surface area contributed by atoms with Gasteiger partial charge in [-0.25, -0.2) is 0 Å². The Kier molecular flexibility index (Phi) is 3.47. The molecule has 1 N–H and O–H groups in total. The van der Waals surface area contributed by atoms with Crippen molar-refractivity contribution in [1.82, 2.24) is 0 Å². The molecule has 0 radical (unpaired) electrons. The lowest BCUT2D eigenvalue weighted by Crippen LogP contribution is -2.10. The average molecular weight is 314 g/mol. The molecule has 0 saturated carbocycles. The first kappa shape index (κ1) is 14.7. The predicted octanol–water partition coefficient (Wildman–Crippen LogP) is 5.53. The molecule has 118 valence electrons. The number of rotatable bonds is 2. The molecular weight excluding hydrogens is 296 g/mol. The molecule has 0 spiro atoms. The zero-order chi connectivity index (χ0) is 16.7. The lowest BCUT2D eigenvalue weighted by atomic mass is 9.92. The highest BCUT2D eigenvalue weighted by molar-refractivity contribution is 5.86. The minimum Gasteiger partial charge on any atom is -0.457 e. The van der Waals surface area contributed by atoms with E-state index in [2.05, 4.69) is 12.6 Å². The number of aliphatic hydroxyl groups is 1. The Morgan fingerprint density at radius 1 is 1.00 bits per heavy atom. The van der Waals surface area contributed by atoms with E-state index in [0.29, 0.717) is 0 Å². The van der Waals surface area contributed by atoms with Gasteiger partial charge in [-0.1, -0.05) is 49.1 Å². The standard InChI is InChI=1S/C22H18O2/c1-3-4-7-15-11-18-20(10-14(15)2)24-21-13-17-9-6-5-8-16(17)12-19(21)22(18)23/h3-13,22-23H,1H2,2H3/b7-4-. The van der Waals surface area contributed by atoms with E-state index in [1.54, 1.807) is 6.08 Å². The minimum absolute atomic E-state index is 0.690. The van der Waals surface area contributed by atoms with Crippen LogP contribution in [0.4, 0.5) is 0 Å². The van der Waals surface area contributed by atoms with Gasteiger partial charge >= 0.3 is 0 Å². The van der Waals surface area contributed by atoms with Gasteiger partial charge in [0.2, 0.25) is 0 Å². The fourth-order valence-corrected chi connectivity index (χ4v) is 3.19. The van der Waals surface area contributed by atoms with Crippen LogP contribution >= 0.6 is 0 Å². The third-order valence-corrected chi connectivity index (χ3v) is 4.50. The number of aliphatic hydroxyl groups excluding tert-OH is 1. The van der Waals surface area contributed by atoms with Gasteiger partial charge in [-0.15, -0.1) is 0 Å². The number of hydrogen-bond acceptors (Lipinski definition) is 2. The Morgan fingerprint density at radius 3 is 2.42 bits per heavy atom. The molecular formula is C22H18O2. The van der Waals surface area contributed by atoms with E-state index in [1.165, 1.54) is 0 Å². The molecule has 0 aromatic heterocycles. The first-order chi connectivity index (χ1) is 11.7. The van der Waals surface area contributed by atoms with Crippen molar-refractivity contribution >= 4 is 16.8 Å². The van der Waals surface area contributed by atoms with Crippen molar-refractivity contribution in [2.75, 3.05) is 0 Å². The van der Waals surface area contributed by atoms with Gasteiger partial charge in [-0.3, -0.25) is 0 Å². The number of aryl methyl sites for hydroxylation is 1. The highest BCUT2D eigenvalue weighted by atomic mass is 16.5. The summed E-state index contributed by atoms with van der Waals surface area (Å²) in [6, 6.07) is 16.1. The summed E-state index contributed by atoms with van der Waals surface area (Å²) in [7, 11) is 0. The summed E-state index contributed by atoms with van der Waals surface area (Å²) in [5.41, 5.74) is 3.76. The maximum absolute atomic E-state index is 10.9. The molecule has 3 aromatic rings. The zero-order valence-electron chi connectivity index (χ0n) is 13.5. The molecule has 3 aromatic carbocycles. The van der Waals surface area contributed by atoms with Crippen LogP contribution in [0.15, 0.2) is 67.3 Å². The second kappa shape index (κ2) is 5.66. The van der Waals surface area contributed by atoms with Gasteiger partial charge in [0.1, 0.15) is 17.6 Å². The van der Waals surface area contributed by atoms with Gasteiger partial charge < -0.3 is 9.84 Å². The predicted molar refractivity (Wildman–Crippen MR) is 98.5 cm³/mol. The van der Waals surface area contributed by atoms with Crippen LogP contribution in [0.5, 0.6) is 11.5 Å². The maximum Gasteiger partial charge on any atom is 0.134 e. The van der Waals surface area contributed by atoms with E-state index in [4.69, 9.17) is 4.74 Å². The van der Waals surface area contributed by atoms with Crippen molar-refractivity contribution in [1.29, 1.82) is 0 Å². The van der Waals surface area contributed by atoms with Gasteiger partial charge in [-0.05, 0) is 53.1 Å². The summed E-state index contributed by atoms with van der Waals surface area (Å²) in [6.07, 6.45) is 4.94. The summed E-state index contributed by atoms with van der Waals surface area (Å²) in [6.45, 7) is 5.74. The van der Waals surface area contributed by atoms with E-state index in [-0.39, 0.29) is 0 Å². The molecule has 1 aliphatic rings. The zero-order valence-corrected chi connectivity index (χ0v) is 13.5. The highest BCUT2D eigenvalue weighted by Crippen LogP contribution is 2.45. The molecule has 1 aliphatic heterocycles. The normalized spacial score (nSPS) is 15.8. The van der Waals surface area contributed by atoms with Gasteiger partial charge in [0.25, 0.3) is 0 Å². The molecule has 0 aliphatic carbocycles. The number of benzene rings is 3. The first-order valence-electron chi connectivity index (χ1n) is 7.99. The summed E-state index contributed by atoms with van der Waals surface area (Å²) in [4.78, 5) is 0. The van der Waals surface area contributed by atoms with Crippen molar-refractivity contribution in [2.24, 2.45) is 0 Å². The Bertz CT molecular complexity index is 983. The Morgan fingerprint density at radius 2 is 1.67 bits per heavy atom. The molecule has 1 heterocycles. The van der Waals surface area contributed by atoms with Gasteiger partial charge in [0.15, 0.2) is 0 Å². The number of hydrogen-bond donors (Lipinski definition) is 1. The van der Waals surface area contributed by atoms with Gasteiger partial charge in [0, 0.05) is 11.1 Å². The average Bonchev–Trinajstić information content (AvgIpc) is 2.59. The third-order valence-electron chi connectivity index (χ3n) is 4.50. The molecule has 2 heteroatoms. The van der Waals surface area contributed by atoms with Crippen LogP contribution in [0.3, 0.4) is 0 Å². The second-order valence-electron chi connectivity index (χ2n) is 6.08. The van der Waals surface area contributed by atoms with Crippen molar-refractivity contribution in [3.8, 4) is 11.5 Å². The van der Waals surface area contributed by atoms with E-state index >= 15 is 0 Å². The smallest absolute Gasteiger partial charge is 0.134 e. The van der Waals surface area contributed by atoms with Crippen LogP contribution in [0.25, 0.3) is 16.8 Å². The lowest BCUT2D eigenvalue weighted by Gasteiger charge is -2.26. The Hall–Kier alpha value is -2.84. The topological polar surface area (TPSA) is 29.5 Å². The third kappa shape index (κ3) is 2.32. The molecule has 0 bridgehead atoms.